The third-order valence-corrected chi connectivity index (χ3v) is 6.18. The van der Waals surface area contributed by atoms with Crippen molar-refractivity contribution in [2.45, 2.75) is 62.8 Å². The van der Waals surface area contributed by atoms with E-state index in [9.17, 15) is 29.7 Å². The van der Waals surface area contributed by atoms with Gasteiger partial charge in [-0.25, -0.2) is 10.3 Å². The van der Waals surface area contributed by atoms with Crippen LogP contribution in [0.1, 0.15) is 32.1 Å². The number of unbranched alkanes of at least 4 members (excludes halogenated alkanes) is 3. The van der Waals surface area contributed by atoms with Crippen molar-refractivity contribution < 1.29 is 44.4 Å². The van der Waals surface area contributed by atoms with Crippen LogP contribution in [0, 0.1) is 0 Å². The first kappa shape index (κ1) is 28.0. The van der Waals surface area contributed by atoms with Gasteiger partial charge in [-0.2, -0.15) is 0 Å². The van der Waals surface area contributed by atoms with Crippen molar-refractivity contribution in [3.8, 4) is 0 Å². The predicted octanol–water partition coefficient (Wildman–Crippen LogP) is -0.284. The Hall–Kier alpha value is -2.58. The fourth-order valence-electron chi connectivity index (χ4n) is 3.77. The number of benzene rings is 1. The second kappa shape index (κ2) is 13.1. The number of anilines is 1. The SMILES string of the molecule is O=C(CCCCCCN1C(=O)C(Cl)=C(Nc2ccccc2)C1=O)NO[C@H]1O[C@H](CO)[C@@H](O)[C@H](O)[C@@H]1O. The van der Waals surface area contributed by atoms with E-state index in [4.69, 9.17) is 26.3 Å². The molecule has 0 unspecified atom stereocenters. The molecule has 0 spiro atoms. The number of imide groups is 1. The summed E-state index contributed by atoms with van der Waals surface area (Å²) in [6.45, 7) is -0.416. The summed E-state index contributed by atoms with van der Waals surface area (Å²) < 4.78 is 5.13. The lowest BCUT2D eigenvalue weighted by Gasteiger charge is -2.39. The van der Waals surface area contributed by atoms with Crippen LogP contribution in [-0.2, 0) is 24.0 Å². The number of hydrogen-bond donors (Lipinski definition) is 6. The van der Waals surface area contributed by atoms with Gasteiger partial charge >= 0.3 is 0 Å². The standard InChI is InChI=1S/C23H30ClN3O9/c24-16-17(25-13-8-4-3-5-9-13)22(34)27(21(16)33)11-7-2-1-6-10-15(29)26-36-23-20(32)19(31)18(30)14(12-28)35-23/h3-5,8-9,14,18-20,23,25,28,30-32H,1-2,6-7,10-12H2,(H,26,29)/t14-,18-,19+,20+,23-/m1/s1. The van der Waals surface area contributed by atoms with Crippen LogP contribution in [0.4, 0.5) is 5.69 Å². The molecule has 1 fully saturated rings. The van der Waals surface area contributed by atoms with Crippen LogP contribution >= 0.6 is 11.6 Å². The molecule has 2 aliphatic heterocycles. The van der Waals surface area contributed by atoms with Crippen LogP contribution in [0.15, 0.2) is 41.1 Å². The van der Waals surface area contributed by atoms with E-state index in [1.54, 1.807) is 24.3 Å². The first-order valence-corrected chi connectivity index (χ1v) is 12.0. The van der Waals surface area contributed by atoms with E-state index in [-0.39, 0.29) is 23.7 Å². The minimum absolute atomic E-state index is 0.0453. The second-order valence-electron chi connectivity index (χ2n) is 8.45. The number of nitrogens with zero attached hydrogens (tertiary/aromatic N) is 1. The zero-order chi connectivity index (χ0) is 26.2. The number of hydrogen-bond acceptors (Lipinski definition) is 10. The van der Waals surface area contributed by atoms with E-state index < -0.39 is 55.0 Å². The van der Waals surface area contributed by atoms with Crippen LogP contribution < -0.4 is 10.8 Å². The molecule has 0 aliphatic carbocycles. The van der Waals surface area contributed by atoms with Gasteiger partial charge in [-0.1, -0.05) is 42.6 Å². The summed E-state index contributed by atoms with van der Waals surface area (Å²) in [6.07, 6.45) is -4.95. The van der Waals surface area contributed by atoms with Crippen LogP contribution in [0.3, 0.4) is 0 Å². The molecular weight excluding hydrogens is 498 g/mol. The van der Waals surface area contributed by atoms with Gasteiger partial charge in [0.25, 0.3) is 11.8 Å². The largest absolute Gasteiger partial charge is 0.394 e. The van der Waals surface area contributed by atoms with Crippen molar-refractivity contribution >= 4 is 35.0 Å². The molecular formula is C23H30ClN3O9. The Bertz CT molecular complexity index is 959. The summed E-state index contributed by atoms with van der Waals surface area (Å²) >= 11 is 6.08. The molecule has 36 heavy (non-hydrogen) atoms. The summed E-state index contributed by atoms with van der Waals surface area (Å²) in [7, 11) is 0. The van der Waals surface area contributed by atoms with Crippen molar-refractivity contribution in [2.75, 3.05) is 18.5 Å². The minimum Gasteiger partial charge on any atom is -0.394 e. The average Bonchev–Trinajstić information content (AvgIpc) is 3.07. The molecule has 1 saturated heterocycles. The van der Waals surface area contributed by atoms with Crippen molar-refractivity contribution in [1.82, 2.24) is 10.4 Å². The number of aliphatic hydroxyl groups is 4. The number of hydroxylamine groups is 1. The number of ether oxygens (including phenoxy) is 1. The molecule has 5 atom stereocenters. The van der Waals surface area contributed by atoms with Crippen molar-refractivity contribution in [2.24, 2.45) is 0 Å². The molecule has 13 heteroatoms. The molecule has 12 nitrogen and oxygen atoms in total. The molecule has 0 bridgehead atoms. The van der Waals surface area contributed by atoms with Gasteiger partial charge in [-0.05, 0) is 25.0 Å². The maximum absolute atomic E-state index is 12.6. The molecule has 3 amide bonds. The number of carbonyl (C=O) groups excluding carboxylic acids is 3. The quantitative estimate of drug-likeness (QED) is 0.120. The van der Waals surface area contributed by atoms with Crippen molar-refractivity contribution in [3.63, 3.8) is 0 Å². The van der Waals surface area contributed by atoms with Crippen LogP contribution in [0.5, 0.6) is 0 Å². The van der Waals surface area contributed by atoms with Crippen molar-refractivity contribution in [3.05, 3.63) is 41.1 Å². The van der Waals surface area contributed by atoms with E-state index in [0.29, 0.717) is 31.4 Å². The number of halogens is 1. The predicted molar refractivity (Wildman–Crippen MR) is 126 cm³/mol. The molecule has 2 heterocycles. The second-order valence-corrected chi connectivity index (χ2v) is 8.82. The Kier molecular flexibility index (Phi) is 10.2. The van der Waals surface area contributed by atoms with Gasteiger partial charge in [0.15, 0.2) is 0 Å². The van der Waals surface area contributed by atoms with Crippen LogP contribution in [0.2, 0.25) is 0 Å². The van der Waals surface area contributed by atoms with Gasteiger partial charge in [0, 0.05) is 18.7 Å². The lowest BCUT2D eigenvalue weighted by Crippen LogP contribution is -2.60. The van der Waals surface area contributed by atoms with Crippen LogP contribution in [0.25, 0.3) is 0 Å². The molecule has 2 aliphatic rings. The monoisotopic (exact) mass is 527 g/mol. The maximum atomic E-state index is 12.6. The highest BCUT2D eigenvalue weighted by Crippen LogP contribution is 2.26. The van der Waals surface area contributed by atoms with Gasteiger partial charge in [-0.15, -0.1) is 0 Å². The van der Waals surface area contributed by atoms with Gasteiger partial charge in [0.1, 0.15) is 35.1 Å². The summed E-state index contributed by atoms with van der Waals surface area (Å²) in [5.74, 6) is -1.53. The fraction of sp³-hybridized carbons (Fsp3) is 0.522. The summed E-state index contributed by atoms with van der Waals surface area (Å²) in [4.78, 5) is 43.0. The zero-order valence-electron chi connectivity index (χ0n) is 19.4. The summed E-state index contributed by atoms with van der Waals surface area (Å²) in [5, 5.41) is 41.2. The normalized spacial score (nSPS) is 26.5. The molecule has 0 aromatic heterocycles. The van der Waals surface area contributed by atoms with Crippen LogP contribution in [-0.4, -0.2) is 86.9 Å². The number of aliphatic hydroxyl groups excluding tert-OH is 4. The number of amides is 3. The molecule has 6 N–H and O–H groups in total. The van der Waals surface area contributed by atoms with Gasteiger partial charge in [-0.3, -0.25) is 19.3 Å². The molecule has 0 saturated carbocycles. The minimum atomic E-state index is -1.62. The van der Waals surface area contributed by atoms with E-state index in [2.05, 4.69) is 10.8 Å². The Balaban J connectivity index is 1.32. The third kappa shape index (κ3) is 6.79. The van der Waals surface area contributed by atoms with E-state index in [1.165, 1.54) is 0 Å². The van der Waals surface area contributed by atoms with E-state index in [0.717, 1.165) is 4.90 Å². The zero-order valence-corrected chi connectivity index (χ0v) is 20.1. The maximum Gasteiger partial charge on any atom is 0.278 e. The molecule has 1 aromatic rings. The lowest BCUT2D eigenvalue weighted by molar-refractivity contribution is -0.313. The Morgan fingerprint density at radius 1 is 1.00 bits per heavy atom. The highest BCUT2D eigenvalue weighted by atomic mass is 35.5. The van der Waals surface area contributed by atoms with Crippen molar-refractivity contribution in [1.29, 1.82) is 0 Å². The highest BCUT2D eigenvalue weighted by Gasteiger charge is 2.44. The first-order valence-electron chi connectivity index (χ1n) is 11.6. The Morgan fingerprint density at radius 3 is 2.39 bits per heavy atom. The third-order valence-electron chi connectivity index (χ3n) is 5.83. The average molecular weight is 528 g/mol. The topological polar surface area (TPSA) is 178 Å². The number of carbonyl (C=O) groups is 3. The number of nitrogens with one attached hydrogen (secondary N) is 2. The Morgan fingerprint density at radius 2 is 1.69 bits per heavy atom. The molecule has 3 rings (SSSR count). The van der Waals surface area contributed by atoms with E-state index >= 15 is 0 Å². The fourth-order valence-corrected chi connectivity index (χ4v) is 4.00. The molecule has 1 aromatic carbocycles. The lowest BCUT2D eigenvalue weighted by atomic mass is 9.99. The molecule has 198 valence electrons. The van der Waals surface area contributed by atoms with E-state index in [1.807, 2.05) is 6.07 Å². The van der Waals surface area contributed by atoms with Gasteiger partial charge in [0.05, 0.1) is 6.61 Å². The Labute approximate surface area is 212 Å². The summed E-state index contributed by atoms with van der Waals surface area (Å²) in [5.41, 5.74) is 2.80. The smallest absolute Gasteiger partial charge is 0.278 e. The number of rotatable bonds is 12. The number of para-hydroxylation sites is 1. The van der Waals surface area contributed by atoms with Gasteiger partial charge < -0.3 is 30.5 Å². The first-order chi connectivity index (χ1) is 17.2. The highest BCUT2D eigenvalue weighted by molar-refractivity contribution is 6.48. The molecule has 0 radical (unpaired) electrons. The van der Waals surface area contributed by atoms with Gasteiger partial charge in [0.2, 0.25) is 12.2 Å². The summed E-state index contributed by atoms with van der Waals surface area (Å²) in [6, 6.07) is 8.91.